The predicted molar refractivity (Wildman–Crippen MR) is 95.1 cm³/mol. The molecule has 3 aromatic rings. The number of para-hydroxylation sites is 1. The van der Waals surface area contributed by atoms with E-state index in [-0.39, 0.29) is 12.0 Å². The Bertz CT molecular complexity index is 914. The Morgan fingerprint density at radius 3 is 2.74 bits per heavy atom. The van der Waals surface area contributed by atoms with Gasteiger partial charge in [0.15, 0.2) is 0 Å². The van der Waals surface area contributed by atoms with Crippen LogP contribution in [0.25, 0.3) is 5.69 Å². The maximum absolute atomic E-state index is 13.1. The van der Waals surface area contributed by atoms with Crippen LogP contribution < -0.4 is 4.74 Å². The molecule has 138 valence electrons. The van der Waals surface area contributed by atoms with Gasteiger partial charge >= 0.3 is 0 Å². The monoisotopic (exact) mass is 367 g/mol. The molecule has 1 aliphatic rings. The highest BCUT2D eigenvalue weighted by molar-refractivity contribution is 5.97. The number of pyridine rings is 1. The number of ether oxygens (including phenoxy) is 1. The van der Waals surface area contributed by atoms with Gasteiger partial charge in [-0.2, -0.15) is 15.0 Å². The van der Waals surface area contributed by atoms with Crippen LogP contribution in [0.3, 0.4) is 0 Å². The van der Waals surface area contributed by atoms with Crippen LogP contribution in [0, 0.1) is 5.82 Å². The highest BCUT2D eigenvalue weighted by atomic mass is 19.1. The van der Waals surface area contributed by atoms with E-state index in [4.69, 9.17) is 4.74 Å². The van der Waals surface area contributed by atoms with E-state index < -0.39 is 5.82 Å². The molecule has 1 amide bonds. The lowest BCUT2D eigenvalue weighted by atomic mass is 10.1. The van der Waals surface area contributed by atoms with Crippen molar-refractivity contribution in [3.8, 4) is 11.6 Å². The topological polar surface area (TPSA) is 73.1 Å². The summed E-state index contributed by atoms with van der Waals surface area (Å²) >= 11 is 0. The molecule has 8 heteroatoms. The number of carbonyl (C=O) groups excluding carboxylic acids is 1. The van der Waals surface area contributed by atoms with E-state index in [1.807, 2.05) is 18.2 Å². The maximum atomic E-state index is 13.1. The SMILES string of the molecule is O=C(c1ccccc1-n1nccn1)N1CCCC(Oc2ccc(F)cn2)C1. The molecular weight excluding hydrogens is 349 g/mol. The van der Waals surface area contributed by atoms with Crippen LogP contribution in [-0.2, 0) is 0 Å². The van der Waals surface area contributed by atoms with Crippen molar-refractivity contribution in [1.82, 2.24) is 24.9 Å². The third-order valence-electron chi connectivity index (χ3n) is 4.42. The Morgan fingerprint density at radius 2 is 1.96 bits per heavy atom. The van der Waals surface area contributed by atoms with E-state index in [0.29, 0.717) is 30.2 Å². The molecule has 1 fully saturated rings. The lowest BCUT2D eigenvalue weighted by Gasteiger charge is -2.33. The van der Waals surface area contributed by atoms with Gasteiger partial charge in [0.25, 0.3) is 5.91 Å². The van der Waals surface area contributed by atoms with Gasteiger partial charge in [-0.05, 0) is 31.0 Å². The molecule has 2 aromatic heterocycles. The molecule has 0 spiro atoms. The highest BCUT2D eigenvalue weighted by Gasteiger charge is 2.27. The molecule has 7 nitrogen and oxygen atoms in total. The summed E-state index contributed by atoms with van der Waals surface area (Å²) in [6, 6.07) is 10.1. The summed E-state index contributed by atoms with van der Waals surface area (Å²) in [4.78, 5) is 20.2. The molecule has 0 N–H and O–H groups in total. The summed E-state index contributed by atoms with van der Waals surface area (Å²) < 4.78 is 18.8. The normalized spacial score (nSPS) is 16.9. The van der Waals surface area contributed by atoms with E-state index in [9.17, 15) is 9.18 Å². The Morgan fingerprint density at radius 1 is 1.15 bits per heavy atom. The molecule has 1 aliphatic heterocycles. The molecule has 1 atom stereocenters. The third kappa shape index (κ3) is 3.79. The average molecular weight is 367 g/mol. The highest BCUT2D eigenvalue weighted by Crippen LogP contribution is 2.21. The second-order valence-electron chi connectivity index (χ2n) is 6.28. The third-order valence-corrected chi connectivity index (χ3v) is 4.42. The zero-order chi connectivity index (χ0) is 18.6. The van der Waals surface area contributed by atoms with Gasteiger partial charge in [-0.15, -0.1) is 0 Å². The largest absolute Gasteiger partial charge is 0.472 e. The fourth-order valence-electron chi connectivity index (χ4n) is 3.16. The van der Waals surface area contributed by atoms with Crippen LogP contribution in [-0.4, -0.2) is 50.0 Å². The molecule has 4 rings (SSSR count). The van der Waals surface area contributed by atoms with Gasteiger partial charge in [0.05, 0.1) is 36.4 Å². The van der Waals surface area contributed by atoms with Crippen LogP contribution in [0.2, 0.25) is 0 Å². The first-order valence-electron chi connectivity index (χ1n) is 8.74. The zero-order valence-electron chi connectivity index (χ0n) is 14.5. The molecular formula is C19H18FN5O2. The average Bonchev–Trinajstić information content (AvgIpc) is 3.24. The summed E-state index contributed by atoms with van der Waals surface area (Å²) in [5.74, 6) is -0.147. The first-order valence-corrected chi connectivity index (χ1v) is 8.74. The number of piperidine rings is 1. The van der Waals surface area contributed by atoms with Crippen molar-refractivity contribution >= 4 is 5.91 Å². The molecule has 3 heterocycles. The van der Waals surface area contributed by atoms with E-state index in [1.54, 1.807) is 23.4 Å². The van der Waals surface area contributed by atoms with Gasteiger partial charge in [0.2, 0.25) is 5.88 Å². The number of hydrogen-bond acceptors (Lipinski definition) is 5. The molecule has 1 aromatic carbocycles. The molecule has 0 aliphatic carbocycles. The first kappa shape index (κ1) is 17.1. The maximum Gasteiger partial charge on any atom is 0.256 e. The second-order valence-corrected chi connectivity index (χ2v) is 6.28. The van der Waals surface area contributed by atoms with Gasteiger partial charge in [0, 0.05) is 12.6 Å². The molecule has 27 heavy (non-hydrogen) atoms. The summed E-state index contributed by atoms with van der Waals surface area (Å²) in [5, 5.41) is 8.25. The minimum atomic E-state index is -0.411. The van der Waals surface area contributed by atoms with Crippen LogP contribution in [0.1, 0.15) is 23.2 Å². The van der Waals surface area contributed by atoms with Crippen molar-refractivity contribution in [2.24, 2.45) is 0 Å². The zero-order valence-corrected chi connectivity index (χ0v) is 14.5. The lowest BCUT2D eigenvalue weighted by Crippen LogP contribution is -2.44. The molecule has 0 saturated carbocycles. The van der Waals surface area contributed by atoms with Crippen molar-refractivity contribution in [2.75, 3.05) is 13.1 Å². The van der Waals surface area contributed by atoms with Crippen molar-refractivity contribution in [3.63, 3.8) is 0 Å². The van der Waals surface area contributed by atoms with Crippen molar-refractivity contribution in [2.45, 2.75) is 18.9 Å². The van der Waals surface area contributed by atoms with Gasteiger partial charge in [-0.3, -0.25) is 4.79 Å². The number of nitrogens with zero attached hydrogens (tertiary/aromatic N) is 5. The Balaban J connectivity index is 1.50. The second kappa shape index (κ2) is 7.53. The number of likely N-dealkylation sites (tertiary alicyclic amines) is 1. The fraction of sp³-hybridized carbons (Fsp3) is 0.263. The van der Waals surface area contributed by atoms with E-state index in [2.05, 4.69) is 15.2 Å². The standard InChI is InChI=1S/C19H18FN5O2/c20-14-7-8-18(21-12-14)27-15-4-3-11-24(13-15)19(26)16-5-1-2-6-17(16)25-22-9-10-23-25/h1-2,5-10,12,15H,3-4,11,13H2. The smallest absolute Gasteiger partial charge is 0.256 e. The van der Waals surface area contributed by atoms with Crippen molar-refractivity contribution in [3.05, 3.63) is 66.4 Å². The number of benzene rings is 1. The van der Waals surface area contributed by atoms with Crippen LogP contribution >= 0.6 is 0 Å². The summed E-state index contributed by atoms with van der Waals surface area (Å²) in [5.41, 5.74) is 1.17. The summed E-state index contributed by atoms with van der Waals surface area (Å²) in [6.07, 6.45) is 5.71. The quantitative estimate of drug-likeness (QED) is 0.708. The van der Waals surface area contributed by atoms with Gasteiger partial charge in [-0.25, -0.2) is 9.37 Å². The Kier molecular flexibility index (Phi) is 4.78. The van der Waals surface area contributed by atoms with Gasteiger partial charge in [0.1, 0.15) is 11.9 Å². The summed E-state index contributed by atoms with van der Waals surface area (Å²) in [7, 11) is 0. The minimum absolute atomic E-state index is 0.0942. The molecule has 1 saturated heterocycles. The number of amides is 1. The first-order chi connectivity index (χ1) is 13.2. The number of halogens is 1. The number of hydrogen-bond donors (Lipinski definition) is 0. The van der Waals surface area contributed by atoms with Crippen LogP contribution in [0.5, 0.6) is 5.88 Å². The lowest BCUT2D eigenvalue weighted by molar-refractivity contribution is 0.0527. The van der Waals surface area contributed by atoms with Crippen LogP contribution in [0.15, 0.2) is 55.0 Å². The number of aromatic nitrogens is 4. The summed E-state index contributed by atoms with van der Waals surface area (Å²) in [6.45, 7) is 1.09. The Hall–Kier alpha value is -3.29. The van der Waals surface area contributed by atoms with E-state index in [0.717, 1.165) is 19.0 Å². The predicted octanol–water partition coefficient (Wildman–Crippen LogP) is 2.49. The van der Waals surface area contributed by atoms with Crippen molar-refractivity contribution in [1.29, 1.82) is 0 Å². The number of rotatable bonds is 4. The molecule has 0 bridgehead atoms. The fourth-order valence-corrected chi connectivity index (χ4v) is 3.16. The number of carbonyl (C=O) groups is 1. The van der Waals surface area contributed by atoms with E-state index >= 15 is 0 Å². The Labute approximate surface area is 155 Å². The van der Waals surface area contributed by atoms with E-state index in [1.165, 1.54) is 16.9 Å². The van der Waals surface area contributed by atoms with Gasteiger partial charge in [-0.1, -0.05) is 12.1 Å². The van der Waals surface area contributed by atoms with Crippen molar-refractivity contribution < 1.29 is 13.9 Å². The molecule has 1 unspecified atom stereocenters. The molecule has 0 radical (unpaired) electrons. The van der Waals surface area contributed by atoms with Gasteiger partial charge < -0.3 is 9.64 Å². The van der Waals surface area contributed by atoms with Crippen LogP contribution in [0.4, 0.5) is 4.39 Å². The minimum Gasteiger partial charge on any atom is -0.472 e.